The molecule has 0 fully saturated rings. The topological polar surface area (TPSA) is 74.0 Å². The molecule has 0 atom stereocenters. The molecule has 0 spiro atoms. The van der Waals surface area contributed by atoms with E-state index in [0.717, 1.165) is 39.9 Å². The summed E-state index contributed by atoms with van der Waals surface area (Å²) < 4.78 is 42.6. The molecule has 2 aromatic heterocycles. The molecule has 0 saturated carbocycles. The average molecular weight is 580 g/mol. The highest BCUT2D eigenvalue weighted by molar-refractivity contribution is 9.10. The number of benzene rings is 2. The third kappa shape index (κ3) is 5.21. The Labute approximate surface area is 225 Å². The van der Waals surface area contributed by atoms with Crippen LogP contribution >= 0.6 is 15.9 Å². The first-order chi connectivity index (χ1) is 18.3. The molecule has 1 N–H and O–H groups in total. The van der Waals surface area contributed by atoms with Crippen molar-refractivity contribution in [3.8, 4) is 6.07 Å². The molecular formula is C28H21BrF3N5O. The lowest BCUT2D eigenvalue weighted by Gasteiger charge is -2.27. The van der Waals surface area contributed by atoms with E-state index < -0.39 is 17.5 Å². The van der Waals surface area contributed by atoms with Crippen molar-refractivity contribution in [3.05, 3.63) is 105 Å². The number of pyridine rings is 1. The van der Waals surface area contributed by atoms with Gasteiger partial charge < -0.3 is 5.32 Å². The SMILES string of the molecule is N#Cc1ccc2c(c1)c1c(n2C(=O)NCc2ccnc(Br)c2)CCN(C/C=C/c2cc(F)c(F)c(F)c2)C1. The summed E-state index contributed by atoms with van der Waals surface area (Å²) in [6.45, 7) is 1.98. The molecule has 0 saturated heterocycles. The predicted molar refractivity (Wildman–Crippen MR) is 141 cm³/mol. The van der Waals surface area contributed by atoms with Crippen LogP contribution in [0.4, 0.5) is 18.0 Å². The predicted octanol–water partition coefficient (Wildman–Crippen LogP) is 5.92. The molecule has 5 rings (SSSR count). The van der Waals surface area contributed by atoms with Crippen LogP contribution in [0.1, 0.15) is 27.9 Å². The molecule has 6 nitrogen and oxygen atoms in total. The molecule has 0 unspecified atom stereocenters. The van der Waals surface area contributed by atoms with Crippen molar-refractivity contribution in [2.45, 2.75) is 19.5 Å². The number of carbonyl (C=O) groups is 1. The normalized spacial score (nSPS) is 13.6. The summed E-state index contributed by atoms with van der Waals surface area (Å²) in [6, 6.07) is 12.7. The summed E-state index contributed by atoms with van der Waals surface area (Å²) >= 11 is 3.34. The highest BCUT2D eigenvalue weighted by Gasteiger charge is 2.26. The van der Waals surface area contributed by atoms with Gasteiger partial charge >= 0.3 is 6.03 Å². The number of amides is 1. The number of nitrogens with zero attached hydrogens (tertiary/aromatic N) is 4. The van der Waals surface area contributed by atoms with Crippen LogP contribution in [0.3, 0.4) is 0 Å². The lowest BCUT2D eigenvalue weighted by Crippen LogP contribution is -2.34. The fourth-order valence-corrected chi connectivity index (χ4v) is 5.10. The van der Waals surface area contributed by atoms with Crippen molar-refractivity contribution in [2.24, 2.45) is 0 Å². The lowest BCUT2D eigenvalue weighted by atomic mass is 10.0. The number of aromatic nitrogens is 2. The molecule has 0 radical (unpaired) electrons. The Bertz CT molecular complexity index is 1600. The van der Waals surface area contributed by atoms with E-state index in [2.05, 4.69) is 37.2 Å². The molecule has 1 amide bonds. The van der Waals surface area contributed by atoms with Gasteiger partial charge in [0.1, 0.15) is 4.60 Å². The monoisotopic (exact) mass is 579 g/mol. The van der Waals surface area contributed by atoms with E-state index in [0.29, 0.717) is 42.8 Å². The van der Waals surface area contributed by atoms with Crippen molar-refractivity contribution in [1.82, 2.24) is 19.8 Å². The Balaban J connectivity index is 1.39. The van der Waals surface area contributed by atoms with E-state index in [4.69, 9.17) is 0 Å². The smallest absolute Gasteiger partial charge is 0.326 e. The molecule has 4 aromatic rings. The number of halogens is 4. The number of fused-ring (bicyclic) bond motifs is 3. The zero-order chi connectivity index (χ0) is 26.8. The van der Waals surface area contributed by atoms with E-state index in [1.54, 1.807) is 41.1 Å². The van der Waals surface area contributed by atoms with E-state index in [1.807, 2.05) is 12.1 Å². The van der Waals surface area contributed by atoms with Crippen molar-refractivity contribution in [1.29, 1.82) is 5.26 Å². The Hall–Kier alpha value is -3.94. The minimum absolute atomic E-state index is 0.229. The minimum Gasteiger partial charge on any atom is -0.333 e. The molecule has 1 aliphatic heterocycles. The molecule has 10 heteroatoms. The van der Waals surface area contributed by atoms with Crippen LogP contribution in [-0.4, -0.2) is 33.6 Å². The summed E-state index contributed by atoms with van der Waals surface area (Å²) in [5, 5.41) is 13.2. The van der Waals surface area contributed by atoms with Gasteiger partial charge in [0.25, 0.3) is 0 Å². The summed E-state index contributed by atoms with van der Waals surface area (Å²) in [5.74, 6) is -3.96. The molecule has 38 heavy (non-hydrogen) atoms. The Morgan fingerprint density at radius 3 is 2.68 bits per heavy atom. The van der Waals surface area contributed by atoms with Crippen LogP contribution in [0.5, 0.6) is 0 Å². The van der Waals surface area contributed by atoms with E-state index >= 15 is 0 Å². The number of hydrogen-bond acceptors (Lipinski definition) is 4. The van der Waals surface area contributed by atoms with Gasteiger partial charge in [0.05, 0.1) is 17.1 Å². The van der Waals surface area contributed by atoms with Crippen LogP contribution in [0.15, 0.2) is 59.3 Å². The number of hydrogen-bond donors (Lipinski definition) is 1. The number of nitriles is 1. The Morgan fingerprint density at radius 1 is 1.16 bits per heavy atom. The molecule has 3 heterocycles. The van der Waals surface area contributed by atoms with Crippen LogP contribution in [0, 0.1) is 28.8 Å². The van der Waals surface area contributed by atoms with Gasteiger partial charge in [0, 0.05) is 49.9 Å². The number of rotatable bonds is 5. The summed E-state index contributed by atoms with van der Waals surface area (Å²) in [4.78, 5) is 19.6. The maximum Gasteiger partial charge on any atom is 0.326 e. The van der Waals surface area contributed by atoms with Crippen molar-refractivity contribution in [2.75, 3.05) is 13.1 Å². The van der Waals surface area contributed by atoms with Gasteiger partial charge in [-0.3, -0.25) is 9.47 Å². The van der Waals surface area contributed by atoms with Gasteiger partial charge in [0.15, 0.2) is 17.5 Å². The second-order valence-electron chi connectivity index (χ2n) is 8.94. The van der Waals surface area contributed by atoms with Crippen molar-refractivity contribution >= 4 is 38.9 Å². The number of carbonyl (C=O) groups excluding carboxylic acids is 1. The van der Waals surface area contributed by atoms with Crippen LogP contribution in [0.25, 0.3) is 17.0 Å². The van der Waals surface area contributed by atoms with Gasteiger partial charge in [-0.05, 0) is 75.1 Å². The molecule has 0 bridgehead atoms. The molecular weight excluding hydrogens is 559 g/mol. The first-order valence-electron chi connectivity index (χ1n) is 11.8. The lowest BCUT2D eigenvalue weighted by molar-refractivity contribution is 0.240. The fourth-order valence-electron chi connectivity index (χ4n) is 4.69. The van der Waals surface area contributed by atoms with Gasteiger partial charge in [-0.25, -0.2) is 22.9 Å². The standard InChI is InChI=1S/C28H21BrF3N5O/c29-26-13-19(5-7-34-26)15-35-28(38)37-24-4-3-18(14-33)10-20(24)21-16-36(9-6-25(21)37)8-1-2-17-11-22(30)27(32)23(31)12-17/h1-5,7,10-13H,6,8-9,15-16H2,(H,35,38)/b2-1+. The third-order valence-electron chi connectivity index (χ3n) is 6.47. The average Bonchev–Trinajstić information content (AvgIpc) is 3.23. The van der Waals surface area contributed by atoms with Gasteiger partial charge in [-0.15, -0.1) is 0 Å². The Morgan fingerprint density at radius 2 is 1.95 bits per heavy atom. The van der Waals surface area contributed by atoms with Crippen molar-refractivity contribution < 1.29 is 18.0 Å². The quantitative estimate of drug-likeness (QED) is 0.235. The maximum atomic E-state index is 13.5. The second-order valence-corrected chi connectivity index (χ2v) is 9.75. The number of nitrogens with one attached hydrogen (secondary N) is 1. The van der Waals surface area contributed by atoms with Gasteiger partial charge in [-0.1, -0.05) is 12.2 Å². The molecule has 1 aliphatic rings. The molecule has 2 aromatic carbocycles. The Kier molecular flexibility index (Phi) is 7.31. The van der Waals surface area contributed by atoms with Gasteiger partial charge in [0.2, 0.25) is 0 Å². The fraction of sp³-hybridized carbons (Fsp3) is 0.179. The van der Waals surface area contributed by atoms with E-state index in [-0.39, 0.29) is 11.6 Å². The minimum atomic E-state index is -1.49. The first kappa shape index (κ1) is 25.7. The molecule has 0 aliphatic carbocycles. The van der Waals surface area contributed by atoms with Gasteiger partial charge in [-0.2, -0.15) is 5.26 Å². The van der Waals surface area contributed by atoms with E-state index in [9.17, 15) is 23.2 Å². The maximum absolute atomic E-state index is 13.5. The third-order valence-corrected chi connectivity index (χ3v) is 6.91. The zero-order valence-electron chi connectivity index (χ0n) is 20.0. The summed E-state index contributed by atoms with van der Waals surface area (Å²) in [5.41, 5.74) is 4.18. The second kappa shape index (κ2) is 10.8. The van der Waals surface area contributed by atoms with Crippen molar-refractivity contribution in [3.63, 3.8) is 0 Å². The first-order valence-corrected chi connectivity index (χ1v) is 12.6. The van der Waals surface area contributed by atoms with E-state index in [1.165, 1.54) is 0 Å². The van der Waals surface area contributed by atoms with Crippen LogP contribution in [0.2, 0.25) is 0 Å². The van der Waals surface area contributed by atoms with Crippen LogP contribution in [-0.2, 0) is 19.5 Å². The molecule has 192 valence electrons. The zero-order valence-corrected chi connectivity index (χ0v) is 21.6. The highest BCUT2D eigenvalue weighted by Crippen LogP contribution is 2.32. The summed E-state index contributed by atoms with van der Waals surface area (Å²) in [7, 11) is 0. The highest BCUT2D eigenvalue weighted by atomic mass is 79.9. The van der Waals surface area contributed by atoms with Crippen LogP contribution < -0.4 is 5.32 Å². The largest absolute Gasteiger partial charge is 0.333 e. The summed E-state index contributed by atoms with van der Waals surface area (Å²) in [6.07, 6.45) is 5.56.